The minimum Gasteiger partial charge on any atom is -0.499 e. The monoisotopic (exact) mass is 237 g/mol. The zero-order valence-electron chi connectivity index (χ0n) is 8.97. The van der Waals surface area contributed by atoms with Gasteiger partial charge in [0.2, 0.25) is 9.84 Å². The summed E-state index contributed by atoms with van der Waals surface area (Å²) in [6.45, 7) is 1.44. The zero-order valence-corrected chi connectivity index (χ0v) is 9.78. The molecule has 1 rings (SSSR count). The van der Waals surface area contributed by atoms with Gasteiger partial charge in [0, 0.05) is 0 Å². The van der Waals surface area contributed by atoms with Crippen molar-refractivity contribution in [3.8, 4) is 6.07 Å². The smallest absolute Gasteiger partial charge is 0.219 e. The summed E-state index contributed by atoms with van der Waals surface area (Å²) >= 11 is 0. The van der Waals surface area contributed by atoms with Gasteiger partial charge < -0.3 is 4.74 Å². The normalized spacial score (nSPS) is 12.6. The van der Waals surface area contributed by atoms with Gasteiger partial charge in [-0.25, -0.2) is 8.42 Å². The zero-order chi connectivity index (χ0) is 12.2. The number of methoxy groups -OCH3 is 1. The molecule has 0 heterocycles. The first-order chi connectivity index (χ1) is 7.54. The summed E-state index contributed by atoms with van der Waals surface area (Å²) in [7, 11) is -2.44. The third-order valence-electron chi connectivity index (χ3n) is 2.05. The summed E-state index contributed by atoms with van der Waals surface area (Å²) in [6, 6.07) is 9.45. The number of benzene rings is 1. The lowest BCUT2D eigenvalue weighted by Gasteiger charge is -2.05. The molecule has 5 heteroatoms. The van der Waals surface area contributed by atoms with E-state index in [0.717, 1.165) is 0 Å². The second kappa shape index (κ2) is 4.81. The van der Waals surface area contributed by atoms with Crippen molar-refractivity contribution in [2.45, 2.75) is 11.8 Å². The van der Waals surface area contributed by atoms with Crippen LogP contribution in [0.4, 0.5) is 0 Å². The standard InChI is InChI=1S/C11H11NO3S/c1-9(15-2)11(8-12)16(13,14)10-6-4-3-5-7-10/h3-7H,1-2H3. The SMILES string of the molecule is COC(C)=C(C#N)S(=O)(=O)c1ccccc1. The molecule has 4 nitrogen and oxygen atoms in total. The average molecular weight is 237 g/mol. The van der Waals surface area contributed by atoms with Gasteiger partial charge in [-0.1, -0.05) is 18.2 Å². The Balaban J connectivity index is 3.40. The number of nitrogens with zero attached hydrogens (tertiary/aromatic N) is 1. The van der Waals surface area contributed by atoms with Crippen molar-refractivity contribution in [1.82, 2.24) is 0 Å². The molecule has 0 aliphatic heterocycles. The van der Waals surface area contributed by atoms with Gasteiger partial charge in [-0.15, -0.1) is 0 Å². The fraction of sp³-hybridized carbons (Fsp3) is 0.182. The molecule has 1 aromatic carbocycles. The Hall–Kier alpha value is -1.80. The number of allylic oxidation sites excluding steroid dienone is 2. The van der Waals surface area contributed by atoms with E-state index < -0.39 is 9.84 Å². The Morgan fingerprint density at radius 1 is 1.31 bits per heavy atom. The van der Waals surface area contributed by atoms with Crippen LogP contribution in [-0.4, -0.2) is 15.5 Å². The highest BCUT2D eigenvalue weighted by Gasteiger charge is 2.23. The summed E-state index contributed by atoms with van der Waals surface area (Å²) in [4.78, 5) is -0.274. The van der Waals surface area contributed by atoms with E-state index in [2.05, 4.69) is 0 Å². The van der Waals surface area contributed by atoms with Crippen molar-refractivity contribution in [2.24, 2.45) is 0 Å². The summed E-state index contributed by atoms with van der Waals surface area (Å²) in [5.74, 6) is 0.0892. The molecule has 0 N–H and O–H groups in total. The molecule has 0 spiro atoms. The molecule has 0 unspecified atom stereocenters. The lowest BCUT2D eigenvalue weighted by Crippen LogP contribution is -2.06. The van der Waals surface area contributed by atoms with Gasteiger partial charge in [0.05, 0.1) is 12.0 Å². The van der Waals surface area contributed by atoms with Crippen molar-refractivity contribution in [3.05, 3.63) is 41.0 Å². The average Bonchev–Trinajstić information content (AvgIpc) is 2.30. The largest absolute Gasteiger partial charge is 0.499 e. The molecule has 0 saturated heterocycles. The second-order valence-corrected chi connectivity index (χ2v) is 4.90. The van der Waals surface area contributed by atoms with Crippen LogP contribution in [0.15, 0.2) is 45.9 Å². The molecule has 0 aliphatic carbocycles. The third-order valence-corrected chi connectivity index (χ3v) is 3.86. The number of sulfone groups is 1. The Morgan fingerprint density at radius 2 is 1.88 bits per heavy atom. The highest BCUT2D eigenvalue weighted by atomic mass is 32.2. The maximum atomic E-state index is 12.0. The van der Waals surface area contributed by atoms with Crippen LogP contribution in [0.1, 0.15) is 6.92 Å². The van der Waals surface area contributed by atoms with E-state index in [1.165, 1.54) is 26.2 Å². The lowest BCUT2D eigenvalue weighted by atomic mass is 10.4. The van der Waals surface area contributed by atoms with E-state index in [-0.39, 0.29) is 15.6 Å². The van der Waals surface area contributed by atoms with Crippen LogP contribution in [0.5, 0.6) is 0 Å². The molecule has 0 aliphatic rings. The predicted octanol–water partition coefficient (Wildman–Crippen LogP) is 1.86. The summed E-state index contributed by atoms with van der Waals surface area (Å²) in [5.41, 5.74) is 0. The minimum atomic E-state index is -3.77. The molecular formula is C11H11NO3S. The van der Waals surface area contributed by atoms with Crippen LogP contribution in [-0.2, 0) is 14.6 Å². The maximum Gasteiger partial charge on any atom is 0.219 e. The quantitative estimate of drug-likeness (QED) is 0.594. The van der Waals surface area contributed by atoms with Gasteiger partial charge in [0.25, 0.3) is 0 Å². The number of hydrogen-bond acceptors (Lipinski definition) is 4. The Morgan fingerprint density at radius 3 is 2.31 bits per heavy atom. The number of rotatable bonds is 3. The van der Waals surface area contributed by atoms with E-state index in [0.29, 0.717) is 0 Å². The van der Waals surface area contributed by atoms with Crippen LogP contribution in [0.3, 0.4) is 0 Å². The number of nitriles is 1. The molecule has 0 atom stereocenters. The van der Waals surface area contributed by atoms with Gasteiger partial charge >= 0.3 is 0 Å². The molecule has 0 radical (unpaired) electrons. The molecule has 0 aromatic heterocycles. The first-order valence-electron chi connectivity index (χ1n) is 4.49. The molecule has 16 heavy (non-hydrogen) atoms. The van der Waals surface area contributed by atoms with Crippen molar-refractivity contribution < 1.29 is 13.2 Å². The van der Waals surface area contributed by atoms with Crippen molar-refractivity contribution in [1.29, 1.82) is 5.26 Å². The lowest BCUT2D eigenvalue weighted by molar-refractivity contribution is 0.292. The van der Waals surface area contributed by atoms with Crippen molar-refractivity contribution in [3.63, 3.8) is 0 Å². The van der Waals surface area contributed by atoms with E-state index in [9.17, 15) is 8.42 Å². The predicted molar refractivity (Wildman–Crippen MR) is 58.9 cm³/mol. The molecular weight excluding hydrogens is 226 g/mol. The number of ether oxygens (including phenoxy) is 1. The Labute approximate surface area is 94.7 Å². The molecule has 1 aromatic rings. The maximum absolute atomic E-state index is 12.0. The fourth-order valence-corrected chi connectivity index (χ4v) is 2.47. The number of hydrogen-bond donors (Lipinski definition) is 0. The first-order valence-corrected chi connectivity index (χ1v) is 5.97. The highest BCUT2D eigenvalue weighted by molar-refractivity contribution is 7.95. The van der Waals surface area contributed by atoms with Crippen LogP contribution < -0.4 is 0 Å². The summed E-state index contributed by atoms with van der Waals surface area (Å²) in [5, 5.41) is 8.86. The second-order valence-electron chi connectivity index (χ2n) is 3.02. The Bertz CT molecular complexity index is 538. The molecule has 0 amide bonds. The Kier molecular flexibility index (Phi) is 3.69. The van der Waals surface area contributed by atoms with E-state index in [1.807, 2.05) is 0 Å². The van der Waals surface area contributed by atoms with Gasteiger partial charge in [0.15, 0.2) is 4.91 Å². The van der Waals surface area contributed by atoms with Gasteiger partial charge in [-0.05, 0) is 19.1 Å². The van der Waals surface area contributed by atoms with Crippen LogP contribution in [0.2, 0.25) is 0 Å². The van der Waals surface area contributed by atoms with Crippen LogP contribution in [0.25, 0.3) is 0 Å². The topological polar surface area (TPSA) is 67.2 Å². The van der Waals surface area contributed by atoms with E-state index in [1.54, 1.807) is 24.3 Å². The fourth-order valence-electron chi connectivity index (χ4n) is 1.14. The molecule has 0 saturated carbocycles. The minimum absolute atomic E-state index is 0.0861. The first kappa shape index (κ1) is 12.3. The highest BCUT2D eigenvalue weighted by Crippen LogP contribution is 2.21. The van der Waals surface area contributed by atoms with Gasteiger partial charge in [-0.3, -0.25) is 0 Å². The van der Waals surface area contributed by atoms with Crippen LogP contribution in [0, 0.1) is 11.3 Å². The van der Waals surface area contributed by atoms with Gasteiger partial charge in [0.1, 0.15) is 11.8 Å². The van der Waals surface area contributed by atoms with Crippen molar-refractivity contribution in [2.75, 3.05) is 7.11 Å². The summed E-state index contributed by atoms with van der Waals surface area (Å²) < 4.78 is 28.8. The van der Waals surface area contributed by atoms with E-state index in [4.69, 9.17) is 10.00 Å². The summed E-state index contributed by atoms with van der Waals surface area (Å²) in [6.07, 6.45) is 0. The van der Waals surface area contributed by atoms with E-state index >= 15 is 0 Å². The van der Waals surface area contributed by atoms with Gasteiger partial charge in [-0.2, -0.15) is 5.26 Å². The van der Waals surface area contributed by atoms with Crippen molar-refractivity contribution >= 4 is 9.84 Å². The molecule has 84 valence electrons. The molecule has 0 bridgehead atoms. The molecule has 0 fully saturated rings. The third kappa shape index (κ3) is 2.23. The van der Waals surface area contributed by atoms with Crippen LogP contribution >= 0.6 is 0 Å².